The van der Waals surface area contributed by atoms with Gasteiger partial charge in [0.25, 0.3) is 0 Å². The summed E-state index contributed by atoms with van der Waals surface area (Å²) in [6, 6.07) is 10.8. The third-order valence-electron chi connectivity index (χ3n) is 5.21. The van der Waals surface area contributed by atoms with Gasteiger partial charge >= 0.3 is 5.97 Å². The minimum absolute atomic E-state index is 0.249. The molecule has 0 fully saturated rings. The minimum atomic E-state index is -0.472. The van der Waals surface area contributed by atoms with E-state index in [2.05, 4.69) is 16.8 Å². The number of fused-ring (bicyclic) bond motifs is 2. The Balaban J connectivity index is 1.65. The van der Waals surface area contributed by atoms with Crippen LogP contribution in [0.3, 0.4) is 0 Å². The molecule has 0 saturated carbocycles. The van der Waals surface area contributed by atoms with Gasteiger partial charge in [-0.25, -0.2) is 4.79 Å². The Morgan fingerprint density at radius 3 is 2.72 bits per heavy atom. The number of para-hydroxylation sites is 1. The quantitative estimate of drug-likeness (QED) is 0.475. The monoisotopic (exact) mass is 389 g/mol. The van der Waals surface area contributed by atoms with Gasteiger partial charge in [-0.05, 0) is 31.2 Å². The molecule has 1 aliphatic rings. The molecule has 6 heteroatoms. The maximum absolute atomic E-state index is 13.1. The molecule has 29 heavy (non-hydrogen) atoms. The van der Waals surface area contributed by atoms with E-state index in [9.17, 15) is 9.59 Å². The molecule has 0 radical (unpaired) electrons. The third-order valence-corrected chi connectivity index (χ3v) is 5.21. The molecule has 1 aliphatic heterocycles. The molecule has 0 N–H and O–H groups in total. The molecule has 6 nitrogen and oxygen atoms in total. The van der Waals surface area contributed by atoms with E-state index in [0.29, 0.717) is 17.7 Å². The van der Waals surface area contributed by atoms with Gasteiger partial charge in [-0.3, -0.25) is 19.7 Å². The smallest absolute Gasteiger partial charge is 0.339 e. The molecule has 2 aromatic heterocycles. The first-order chi connectivity index (χ1) is 14.2. The van der Waals surface area contributed by atoms with Crippen LogP contribution < -0.4 is 0 Å². The molecule has 3 aromatic rings. The number of esters is 1. The molecule has 4 rings (SSSR count). The molecule has 0 aliphatic carbocycles. The number of ketones is 1. The van der Waals surface area contributed by atoms with Crippen molar-refractivity contribution in [3.63, 3.8) is 0 Å². The van der Waals surface area contributed by atoms with E-state index in [0.717, 1.165) is 48.1 Å². The van der Waals surface area contributed by atoms with Crippen LogP contribution in [0.1, 0.15) is 45.3 Å². The highest BCUT2D eigenvalue weighted by Crippen LogP contribution is 2.29. The highest BCUT2D eigenvalue weighted by atomic mass is 16.5. The molecule has 0 atom stereocenters. The number of hydrogen-bond acceptors (Lipinski definition) is 6. The first-order valence-corrected chi connectivity index (χ1v) is 9.90. The molecule has 0 unspecified atom stereocenters. The Morgan fingerprint density at radius 1 is 1.14 bits per heavy atom. The Labute approximate surface area is 169 Å². The number of nitrogens with zero attached hydrogens (tertiary/aromatic N) is 3. The van der Waals surface area contributed by atoms with Gasteiger partial charge in [-0.1, -0.05) is 25.1 Å². The SMILES string of the molecule is CCCN1CCc2nc3ccccc3c(C(=O)OCC(=O)c3ccncc3)c2C1. The second-order valence-electron chi connectivity index (χ2n) is 7.19. The summed E-state index contributed by atoms with van der Waals surface area (Å²) in [5.41, 5.74) is 3.66. The number of benzene rings is 1. The Morgan fingerprint density at radius 2 is 1.93 bits per heavy atom. The average Bonchev–Trinajstić information content (AvgIpc) is 2.76. The van der Waals surface area contributed by atoms with Crippen molar-refractivity contribution < 1.29 is 14.3 Å². The van der Waals surface area contributed by atoms with Crippen LogP contribution in [0.4, 0.5) is 0 Å². The summed E-state index contributed by atoms with van der Waals surface area (Å²) in [4.78, 5) is 36.5. The van der Waals surface area contributed by atoms with Crippen molar-refractivity contribution in [1.82, 2.24) is 14.9 Å². The highest BCUT2D eigenvalue weighted by molar-refractivity contribution is 6.06. The van der Waals surface area contributed by atoms with Crippen LogP contribution in [0.2, 0.25) is 0 Å². The second kappa shape index (κ2) is 8.49. The van der Waals surface area contributed by atoms with Gasteiger partial charge in [0.2, 0.25) is 0 Å². The zero-order valence-electron chi connectivity index (χ0n) is 16.4. The maximum atomic E-state index is 13.1. The predicted octanol–water partition coefficient (Wildman–Crippen LogP) is 3.44. The lowest BCUT2D eigenvalue weighted by atomic mass is 9.95. The first kappa shape index (κ1) is 19.2. The number of carbonyl (C=O) groups excluding carboxylic acids is 2. The number of carbonyl (C=O) groups is 2. The van der Waals surface area contributed by atoms with E-state index in [4.69, 9.17) is 9.72 Å². The summed E-state index contributed by atoms with van der Waals surface area (Å²) in [6.45, 7) is 4.42. The number of rotatable bonds is 6. The van der Waals surface area contributed by atoms with Crippen molar-refractivity contribution in [3.8, 4) is 0 Å². The lowest BCUT2D eigenvalue weighted by molar-refractivity contribution is 0.0474. The van der Waals surface area contributed by atoms with Gasteiger partial charge in [-0.2, -0.15) is 0 Å². The van der Waals surface area contributed by atoms with E-state index in [1.165, 1.54) is 0 Å². The van der Waals surface area contributed by atoms with Crippen LogP contribution in [0.15, 0.2) is 48.8 Å². The van der Waals surface area contributed by atoms with Crippen molar-refractivity contribution in [3.05, 3.63) is 71.2 Å². The number of ether oxygens (including phenoxy) is 1. The van der Waals surface area contributed by atoms with E-state index >= 15 is 0 Å². The zero-order chi connectivity index (χ0) is 20.2. The van der Waals surface area contributed by atoms with Gasteiger partial charge in [-0.15, -0.1) is 0 Å². The van der Waals surface area contributed by atoms with Gasteiger partial charge in [0.1, 0.15) is 0 Å². The largest absolute Gasteiger partial charge is 0.454 e. The topological polar surface area (TPSA) is 72.4 Å². The molecule has 0 amide bonds. The molecule has 0 saturated heterocycles. The fourth-order valence-corrected chi connectivity index (χ4v) is 3.81. The van der Waals surface area contributed by atoms with E-state index in [1.54, 1.807) is 24.5 Å². The summed E-state index contributed by atoms with van der Waals surface area (Å²) >= 11 is 0. The summed E-state index contributed by atoms with van der Waals surface area (Å²) in [7, 11) is 0. The third kappa shape index (κ3) is 4.03. The van der Waals surface area contributed by atoms with Crippen LogP contribution in [0, 0.1) is 0 Å². The standard InChI is InChI=1S/C23H23N3O3/c1-2-12-26-13-9-20-18(14-26)22(17-5-3-4-6-19(17)25-20)23(28)29-15-21(27)16-7-10-24-11-8-16/h3-8,10-11H,2,9,12-15H2,1H3. The summed E-state index contributed by atoms with van der Waals surface area (Å²) in [6.07, 6.45) is 4.95. The van der Waals surface area contributed by atoms with Crippen LogP contribution in [0.5, 0.6) is 0 Å². The molecular formula is C23H23N3O3. The lowest BCUT2D eigenvalue weighted by Crippen LogP contribution is -2.33. The number of hydrogen-bond donors (Lipinski definition) is 0. The van der Waals surface area contributed by atoms with E-state index in [1.807, 2.05) is 24.3 Å². The summed E-state index contributed by atoms with van der Waals surface area (Å²) in [5.74, 6) is -0.721. The number of pyridine rings is 2. The fraction of sp³-hybridized carbons (Fsp3) is 0.304. The predicted molar refractivity (Wildman–Crippen MR) is 110 cm³/mol. The Bertz CT molecular complexity index is 1050. The maximum Gasteiger partial charge on any atom is 0.339 e. The molecule has 0 bridgehead atoms. The van der Waals surface area contributed by atoms with Gasteiger partial charge in [0.05, 0.1) is 11.1 Å². The first-order valence-electron chi connectivity index (χ1n) is 9.90. The van der Waals surface area contributed by atoms with Crippen molar-refractivity contribution in [2.75, 3.05) is 19.7 Å². The van der Waals surface area contributed by atoms with Gasteiger partial charge < -0.3 is 4.74 Å². The number of Topliss-reactive ketones (excluding diaryl/α,β-unsaturated/α-hetero) is 1. The highest BCUT2D eigenvalue weighted by Gasteiger charge is 2.26. The van der Waals surface area contributed by atoms with Crippen LogP contribution in [-0.4, -0.2) is 46.3 Å². The van der Waals surface area contributed by atoms with Crippen LogP contribution in [-0.2, 0) is 17.7 Å². The molecule has 3 heterocycles. The van der Waals surface area contributed by atoms with Gasteiger partial charge in [0, 0.05) is 54.1 Å². The molecule has 1 aromatic carbocycles. The van der Waals surface area contributed by atoms with E-state index in [-0.39, 0.29) is 12.4 Å². The lowest BCUT2D eigenvalue weighted by Gasteiger charge is -2.29. The molecule has 148 valence electrons. The normalized spacial score (nSPS) is 13.8. The summed E-state index contributed by atoms with van der Waals surface area (Å²) < 4.78 is 5.46. The van der Waals surface area contributed by atoms with Crippen molar-refractivity contribution in [2.24, 2.45) is 0 Å². The zero-order valence-corrected chi connectivity index (χ0v) is 16.4. The second-order valence-corrected chi connectivity index (χ2v) is 7.19. The van der Waals surface area contributed by atoms with Crippen LogP contribution in [0.25, 0.3) is 10.9 Å². The minimum Gasteiger partial charge on any atom is -0.454 e. The van der Waals surface area contributed by atoms with E-state index < -0.39 is 5.97 Å². The van der Waals surface area contributed by atoms with Crippen LogP contribution >= 0.6 is 0 Å². The van der Waals surface area contributed by atoms with Crippen molar-refractivity contribution >= 4 is 22.7 Å². The average molecular weight is 389 g/mol. The Hall–Kier alpha value is -3.12. The number of aromatic nitrogens is 2. The summed E-state index contributed by atoms with van der Waals surface area (Å²) in [5, 5.41) is 0.769. The van der Waals surface area contributed by atoms with Crippen molar-refractivity contribution in [1.29, 1.82) is 0 Å². The molecule has 0 spiro atoms. The van der Waals surface area contributed by atoms with Crippen molar-refractivity contribution in [2.45, 2.75) is 26.3 Å². The van der Waals surface area contributed by atoms with Gasteiger partial charge in [0.15, 0.2) is 12.4 Å². The molecular weight excluding hydrogens is 366 g/mol. The fourth-order valence-electron chi connectivity index (χ4n) is 3.81. The Kier molecular flexibility index (Phi) is 5.62.